The molecule has 3 saturated heterocycles. The summed E-state index contributed by atoms with van der Waals surface area (Å²) in [4.78, 5) is 14.9. The molecule has 0 radical (unpaired) electrons. The van der Waals surface area contributed by atoms with Crippen molar-refractivity contribution in [3.63, 3.8) is 0 Å². The van der Waals surface area contributed by atoms with Gasteiger partial charge >= 0.3 is 0 Å². The fourth-order valence-corrected chi connectivity index (χ4v) is 7.45. The highest BCUT2D eigenvalue weighted by atomic mass is 32.2. The van der Waals surface area contributed by atoms with Gasteiger partial charge in [0.2, 0.25) is 10.0 Å². The summed E-state index contributed by atoms with van der Waals surface area (Å²) >= 11 is 0. The first-order valence-corrected chi connectivity index (χ1v) is 13.2. The van der Waals surface area contributed by atoms with E-state index in [1.165, 1.54) is 10.4 Å². The van der Waals surface area contributed by atoms with Gasteiger partial charge in [0.05, 0.1) is 19.8 Å². The second kappa shape index (κ2) is 9.37. The molecule has 0 aromatic heterocycles. The van der Waals surface area contributed by atoms with Gasteiger partial charge in [0, 0.05) is 55.9 Å². The third-order valence-corrected chi connectivity index (χ3v) is 9.43. The number of carbonyl (C=O) groups is 1. The van der Waals surface area contributed by atoms with Gasteiger partial charge in [-0.25, -0.2) is 12.8 Å². The summed E-state index contributed by atoms with van der Waals surface area (Å²) in [5.41, 5.74) is 1.70. The van der Waals surface area contributed by atoms with E-state index in [4.69, 9.17) is 4.74 Å². The minimum atomic E-state index is -3.66. The van der Waals surface area contributed by atoms with Crippen molar-refractivity contribution in [3.05, 3.63) is 65.5 Å². The van der Waals surface area contributed by atoms with E-state index in [-0.39, 0.29) is 12.0 Å². The Morgan fingerprint density at radius 3 is 2.41 bits per heavy atom. The van der Waals surface area contributed by atoms with Crippen LogP contribution in [0, 0.1) is 11.2 Å². The van der Waals surface area contributed by atoms with E-state index in [0.717, 1.165) is 30.6 Å². The standard InChI is InChI=1S/C25H30FN3O4S/c26-23-14-22(28-10-8-27(9-11-28)12-13-30)7-6-21(23)16-29-17-25(18-33-19-25)15-24(34(29,31)32)20-4-2-1-3-5-20/h1-7,13-14,24H,8-12,15-19H2. The van der Waals surface area contributed by atoms with Crippen LogP contribution in [0.3, 0.4) is 0 Å². The molecular weight excluding hydrogens is 457 g/mol. The van der Waals surface area contributed by atoms with Crippen LogP contribution in [0.5, 0.6) is 0 Å². The number of halogens is 1. The van der Waals surface area contributed by atoms with E-state index in [1.807, 2.05) is 36.4 Å². The smallest absolute Gasteiger partial charge is 0.221 e. The lowest BCUT2D eigenvalue weighted by Gasteiger charge is -2.50. The number of rotatable bonds is 6. The van der Waals surface area contributed by atoms with Gasteiger partial charge in [0.15, 0.2) is 0 Å². The second-order valence-corrected chi connectivity index (χ2v) is 11.8. The molecule has 182 valence electrons. The van der Waals surface area contributed by atoms with Crippen molar-refractivity contribution in [2.24, 2.45) is 5.41 Å². The lowest BCUT2D eigenvalue weighted by Crippen LogP contribution is -2.57. The fraction of sp³-hybridized carbons (Fsp3) is 0.480. The van der Waals surface area contributed by atoms with Crippen molar-refractivity contribution in [2.75, 3.05) is 57.4 Å². The first-order chi connectivity index (χ1) is 16.4. The zero-order valence-electron chi connectivity index (χ0n) is 19.1. The highest BCUT2D eigenvalue weighted by Crippen LogP contribution is 2.47. The average Bonchev–Trinajstić information content (AvgIpc) is 2.81. The van der Waals surface area contributed by atoms with Gasteiger partial charge in [0.1, 0.15) is 17.4 Å². The number of anilines is 1. The molecule has 9 heteroatoms. The van der Waals surface area contributed by atoms with Crippen LogP contribution in [-0.2, 0) is 26.1 Å². The molecule has 5 rings (SSSR count). The van der Waals surface area contributed by atoms with Crippen LogP contribution in [-0.4, -0.2) is 76.4 Å². The van der Waals surface area contributed by atoms with Gasteiger partial charge in [-0.05, 0) is 24.1 Å². The summed E-state index contributed by atoms with van der Waals surface area (Å²) in [5.74, 6) is -0.399. The van der Waals surface area contributed by atoms with E-state index < -0.39 is 21.1 Å². The number of hydrogen-bond acceptors (Lipinski definition) is 6. The molecular formula is C25H30FN3O4S. The Balaban J connectivity index is 1.35. The molecule has 2 aromatic carbocycles. The normalized spacial score (nSPS) is 24.6. The monoisotopic (exact) mass is 487 g/mol. The van der Waals surface area contributed by atoms with E-state index in [2.05, 4.69) is 9.80 Å². The number of benzene rings is 2. The van der Waals surface area contributed by atoms with Crippen LogP contribution >= 0.6 is 0 Å². The third kappa shape index (κ3) is 4.49. The summed E-state index contributed by atoms with van der Waals surface area (Å²) in [7, 11) is -3.66. The Morgan fingerprint density at radius 2 is 1.79 bits per heavy atom. The van der Waals surface area contributed by atoms with Crippen molar-refractivity contribution in [2.45, 2.75) is 18.2 Å². The van der Waals surface area contributed by atoms with Crippen molar-refractivity contribution >= 4 is 22.0 Å². The zero-order valence-corrected chi connectivity index (χ0v) is 19.9. The molecule has 0 aliphatic carbocycles. The average molecular weight is 488 g/mol. The number of sulfonamides is 1. The predicted molar refractivity (Wildman–Crippen MR) is 127 cm³/mol. The molecule has 3 fully saturated rings. The van der Waals surface area contributed by atoms with Gasteiger partial charge in [-0.1, -0.05) is 36.4 Å². The van der Waals surface area contributed by atoms with Gasteiger partial charge in [-0.3, -0.25) is 4.90 Å². The Hall–Kier alpha value is -2.33. The molecule has 3 heterocycles. The maximum Gasteiger partial charge on any atom is 0.221 e. The van der Waals surface area contributed by atoms with Gasteiger partial charge in [0.25, 0.3) is 0 Å². The fourth-order valence-electron chi connectivity index (χ4n) is 5.26. The Morgan fingerprint density at radius 1 is 1.06 bits per heavy atom. The summed E-state index contributed by atoms with van der Waals surface area (Å²) in [5, 5.41) is -0.656. The third-order valence-electron chi connectivity index (χ3n) is 7.29. The van der Waals surface area contributed by atoms with Gasteiger partial charge < -0.3 is 14.4 Å². The predicted octanol–water partition coefficient (Wildman–Crippen LogP) is 2.44. The Kier molecular flexibility index (Phi) is 6.45. The first kappa shape index (κ1) is 23.4. The quantitative estimate of drug-likeness (QED) is 0.583. The highest BCUT2D eigenvalue weighted by molar-refractivity contribution is 7.89. The maximum absolute atomic E-state index is 15.2. The first-order valence-electron chi connectivity index (χ1n) is 11.7. The summed E-state index contributed by atoms with van der Waals surface area (Å²) in [6.45, 7) is 4.76. The van der Waals surface area contributed by atoms with Crippen LogP contribution < -0.4 is 4.90 Å². The summed E-state index contributed by atoms with van der Waals surface area (Å²) < 4.78 is 49.3. The molecule has 0 bridgehead atoms. The number of hydrogen-bond donors (Lipinski definition) is 0. The summed E-state index contributed by atoms with van der Waals surface area (Å²) in [6.07, 6.45) is 1.42. The van der Waals surface area contributed by atoms with Crippen molar-refractivity contribution < 1.29 is 22.3 Å². The minimum Gasteiger partial charge on any atom is -0.380 e. The molecule has 2 aromatic rings. The number of piperazine rings is 1. The molecule has 0 amide bonds. The molecule has 1 spiro atoms. The van der Waals surface area contributed by atoms with Crippen LogP contribution in [0.15, 0.2) is 48.5 Å². The van der Waals surface area contributed by atoms with Crippen molar-refractivity contribution in [1.82, 2.24) is 9.21 Å². The van der Waals surface area contributed by atoms with Crippen molar-refractivity contribution in [1.29, 1.82) is 0 Å². The van der Waals surface area contributed by atoms with E-state index in [9.17, 15) is 13.2 Å². The topological polar surface area (TPSA) is 70.2 Å². The number of ether oxygens (including phenoxy) is 1. The maximum atomic E-state index is 15.2. The molecule has 7 nitrogen and oxygen atoms in total. The summed E-state index contributed by atoms with van der Waals surface area (Å²) in [6, 6.07) is 14.3. The number of carbonyl (C=O) groups excluding carboxylic acids is 1. The van der Waals surface area contributed by atoms with Gasteiger partial charge in [-0.15, -0.1) is 0 Å². The van der Waals surface area contributed by atoms with E-state index >= 15 is 4.39 Å². The van der Waals surface area contributed by atoms with E-state index in [0.29, 0.717) is 51.4 Å². The Labute approximate surface area is 200 Å². The SMILES string of the molecule is O=CCN1CCN(c2ccc(CN3CC4(COC4)CC(c4ccccc4)S3(=O)=O)c(F)c2)CC1. The lowest BCUT2D eigenvalue weighted by atomic mass is 9.79. The Bertz CT molecular complexity index is 1130. The van der Waals surface area contributed by atoms with Gasteiger partial charge in [-0.2, -0.15) is 4.31 Å². The zero-order chi connectivity index (χ0) is 23.8. The largest absolute Gasteiger partial charge is 0.380 e. The number of aldehydes is 1. The van der Waals surface area contributed by atoms with Crippen LogP contribution in [0.2, 0.25) is 0 Å². The van der Waals surface area contributed by atoms with Crippen LogP contribution in [0.4, 0.5) is 10.1 Å². The van der Waals surface area contributed by atoms with Crippen LogP contribution in [0.25, 0.3) is 0 Å². The van der Waals surface area contributed by atoms with E-state index in [1.54, 1.807) is 6.07 Å². The molecule has 0 N–H and O–H groups in total. The second-order valence-electron chi connectivity index (χ2n) is 9.64. The lowest BCUT2D eigenvalue weighted by molar-refractivity contribution is -0.129. The molecule has 0 saturated carbocycles. The molecule has 1 unspecified atom stereocenters. The molecule has 3 aliphatic heterocycles. The van der Waals surface area contributed by atoms with Crippen LogP contribution in [0.1, 0.15) is 22.8 Å². The number of nitrogens with zero attached hydrogens (tertiary/aromatic N) is 3. The minimum absolute atomic E-state index is 0.00659. The highest BCUT2D eigenvalue weighted by Gasteiger charge is 2.52. The van der Waals surface area contributed by atoms with Crippen molar-refractivity contribution in [3.8, 4) is 0 Å². The molecule has 3 aliphatic rings. The molecule has 1 atom stereocenters. The molecule has 34 heavy (non-hydrogen) atoms.